The molecule has 1 fully saturated rings. The van der Waals surface area contributed by atoms with Gasteiger partial charge in [-0.3, -0.25) is 9.59 Å². The molecule has 2 heterocycles. The number of amides is 2. The molecule has 2 aliphatic rings. The van der Waals surface area contributed by atoms with Crippen molar-refractivity contribution in [3.63, 3.8) is 0 Å². The lowest BCUT2D eigenvalue weighted by Crippen LogP contribution is -2.63. The van der Waals surface area contributed by atoms with Gasteiger partial charge in [0.05, 0.1) is 17.2 Å². The Balaban J connectivity index is 1.36. The van der Waals surface area contributed by atoms with E-state index in [1.54, 1.807) is 18.2 Å². The summed E-state index contributed by atoms with van der Waals surface area (Å²) in [6.45, 7) is 1.11. The molecule has 0 saturated carbocycles. The first-order chi connectivity index (χ1) is 15.5. The molecular formula is C26H24ClN3O2. The van der Waals surface area contributed by atoms with E-state index in [4.69, 9.17) is 11.6 Å². The summed E-state index contributed by atoms with van der Waals surface area (Å²) >= 11 is 6.14. The number of benzene rings is 3. The number of fused-ring (bicyclic) bond motifs is 1. The summed E-state index contributed by atoms with van der Waals surface area (Å²) in [5.41, 5.74) is 2.73. The Morgan fingerprint density at radius 2 is 1.47 bits per heavy atom. The normalized spacial score (nSPS) is 16.9. The molecule has 1 spiro atoms. The Labute approximate surface area is 192 Å². The maximum Gasteiger partial charge on any atom is 0.255 e. The van der Waals surface area contributed by atoms with Gasteiger partial charge >= 0.3 is 0 Å². The van der Waals surface area contributed by atoms with Crippen LogP contribution in [-0.4, -0.2) is 35.5 Å². The van der Waals surface area contributed by atoms with E-state index in [2.05, 4.69) is 10.6 Å². The number of hydrogen-bond donors (Lipinski definition) is 2. The molecule has 32 heavy (non-hydrogen) atoms. The van der Waals surface area contributed by atoms with Gasteiger partial charge in [0.15, 0.2) is 0 Å². The molecule has 0 aliphatic carbocycles. The van der Waals surface area contributed by atoms with Gasteiger partial charge in [-0.25, -0.2) is 0 Å². The summed E-state index contributed by atoms with van der Waals surface area (Å²) in [5, 5.41) is 7.20. The van der Waals surface area contributed by atoms with Gasteiger partial charge in [0.1, 0.15) is 5.66 Å². The second kappa shape index (κ2) is 8.32. The monoisotopic (exact) mass is 445 g/mol. The third-order valence-electron chi connectivity index (χ3n) is 6.39. The van der Waals surface area contributed by atoms with Crippen molar-refractivity contribution in [1.29, 1.82) is 0 Å². The molecule has 2 N–H and O–H groups in total. The molecule has 0 bridgehead atoms. The second-order valence-corrected chi connectivity index (χ2v) is 8.87. The molecule has 5 nitrogen and oxygen atoms in total. The van der Waals surface area contributed by atoms with E-state index >= 15 is 0 Å². The minimum Gasteiger partial charge on any atom is -0.362 e. The van der Waals surface area contributed by atoms with Crippen LogP contribution in [0.4, 0.5) is 5.69 Å². The van der Waals surface area contributed by atoms with Crippen molar-refractivity contribution >= 4 is 29.1 Å². The number of carbonyl (C=O) groups excluding carboxylic acids is 2. The van der Waals surface area contributed by atoms with Gasteiger partial charge in [-0.05, 0) is 29.3 Å². The average Bonchev–Trinajstić information content (AvgIpc) is 2.81. The summed E-state index contributed by atoms with van der Waals surface area (Å²) in [6.07, 6.45) is 1.24. The number of carbonyl (C=O) groups is 2. The zero-order chi connectivity index (χ0) is 22.1. The van der Waals surface area contributed by atoms with Crippen LogP contribution in [0, 0.1) is 0 Å². The fraction of sp³-hybridized carbons (Fsp3) is 0.231. The Hall–Kier alpha value is -3.31. The van der Waals surface area contributed by atoms with Crippen LogP contribution in [0.2, 0.25) is 5.02 Å². The minimum atomic E-state index is -0.569. The van der Waals surface area contributed by atoms with Gasteiger partial charge in [0.2, 0.25) is 5.91 Å². The van der Waals surface area contributed by atoms with Crippen molar-refractivity contribution < 1.29 is 9.59 Å². The topological polar surface area (TPSA) is 61.4 Å². The lowest BCUT2D eigenvalue weighted by atomic mass is 9.87. The Morgan fingerprint density at radius 1 is 0.875 bits per heavy atom. The molecule has 2 aliphatic heterocycles. The molecule has 0 radical (unpaired) electrons. The fourth-order valence-corrected chi connectivity index (χ4v) is 4.87. The van der Waals surface area contributed by atoms with Crippen LogP contribution in [0.5, 0.6) is 0 Å². The first-order valence-electron chi connectivity index (χ1n) is 10.8. The van der Waals surface area contributed by atoms with Crippen LogP contribution < -0.4 is 10.6 Å². The molecule has 3 aromatic carbocycles. The molecule has 6 heteroatoms. The first kappa shape index (κ1) is 20.6. The minimum absolute atomic E-state index is 0.0860. The van der Waals surface area contributed by atoms with Crippen molar-refractivity contribution in [3.8, 4) is 0 Å². The standard InChI is InChI=1S/C26H24ClN3O2/c27-20-11-12-21-22(17-20)28-26(29-24(21)31)13-15-30(16-14-26)25(32)23(18-7-3-1-4-8-18)19-9-5-2-6-10-19/h1-12,17,23,28H,13-16H2,(H,29,31). The van der Waals surface area contributed by atoms with Crippen LogP contribution in [0.1, 0.15) is 40.2 Å². The highest BCUT2D eigenvalue weighted by Gasteiger charge is 2.42. The van der Waals surface area contributed by atoms with Gasteiger partial charge in [-0.1, -0.05) is 72.3 Å². The predicted molar refractivity (Wildman–Crippen MR) is 126 cm³/mol. The zero-order valence-electron chi connectivity index (χ0n) is 17.6. The van der Waals surface area contributed by atoms with E-state index in [0.717, 1.165) is 16.8 Å². The number of rotatable bonds is 3. The predicted octanol–water partition coefficient (Wildman–Crippen LogP) is 4.65. The maximum atomic E-state index is 13.7. The number of nitrogens with zero attached hydrogens (tertiary/aromatic N) is 1. The summed E-state index contributed by atoms with van der Waals surface area (Å²) in [7, 11) is 0. The van der Waals surface area contributed by atoms with Gasteiger partial charge in [0, 0.05) is 31.0 Å². The van der Waals surface area contributed by atoms with Gasteiger partial charge in [0.25, 0.3) is 5.91 Å². The van der Waals surface area contributed by atoms with Crippen molar-refractivity contribution in [2.45, 2.75) is 24.4 Å². The fourth-order valence-electron chi connectivity index (χ4n) is 4.70. The first-order valence-corrected chi connectivity index (χ1v) is 11.2. The number of halogens is 1. The SMILES string of the molecule is O=C1NC2(CCN(C(=O)C(c3ccccc3)c3ccccc3)CC2)Nc2cc(Cl)ccc21. The number of piperidine rings is 1. The third-order valence-corrected chi connectivity index (χ3v) is 6.63. The lowest BCUT2D eigenvalue weighted by Gasteiger charge is -2.46. The molecule has 0 atom stereocenters. The molecule has 3 aromatic rings. The summed E-state index contributed by atoms with van der Waals surface area (Å²) in [6, 6.07) is 25.0. The number of nitrogens with one attached hydrogen (secondary N) is 2. The van der Waals surface area contributed by atoms with Crippen molar-refractivity contribution in [3.05, 3.63) is 101 Å². The smallest absolute Gasteiger partial charge is 0.255 e. The molecular weight excluding hydrogens is 422 g/mol. The Morgan fingerprint density at radius 3 is 2.06 bits per heavy atom. The van der Waals surface area contributed by atoms with Crippen LogP contribution >= 0.6 is 11.6 Å². The maximum absolute atomic E-state index is 13.7. The molecule has 162 valence electrons. The third kappa shape index (κ3) is 3.84. The Kier molecular flexibility index (Phi) is 5.35. The molecule has 5 rings (SSSR count). The summed E-state index contributed by atoms with van der Waals surface area (Å²) < 4.78 is 0. The second-order valence-electron chi connectivity index (χ2n) is 8.43. The molecule has 1 saturated heterocycles. The molecule has 2 amide bonds. The van der Waals surface area contributed by atoms with Crippen LogP contribution in [-0.2, 0) is 4.79 Å². The number of anilines is 1. The van der Waals surface area contributed by atoms with Gasteiger partial charge in [-0.2, -0.15) is 0 Å². The van der Waals surface area contributed by atoms with Crippen molar-refractivity contribution in [1.82, 2.24) is 10.2 Å². The van der Waals surface area contributed by atoms with Crippen molar-refractivity contribution in [2.24, 2.45) is 0 Å². The Bertz CT molecular complexity index is 1100. The quantitative estimate of drug-likeness (QED) is 0.617. The van der Waals surface area contributed by atoms with Crippen molar-refractivity contribution in [2.75, 3.05) is 18.4 Å². The van der Waals surface area contributed by atoms with Gasteiger partial charge in [-0.15, -0.1) is 0 Å². The zero-order valence-corrected chi connectivity index (χ0v) is 18.3. The molecule has 0 aromatic heterocycles. The van der Waals surface area contributed by atoms with E-state index < -0.39 is 5.66 Å². The molecule has 0 unspecified atom stereocenters. The number of hydrogen-bond acceptors (Lipinski definition) is 3. The lowest BCUT2D eigenvalue weighted by molar-refractivity contribution is -0.133. The highest BCUT2D eigenvalue weighted by molar-refractivity contribution is 6.31. The van der Waals surface area contributed by atoms with Crippen LogP contribution in [0.3, 0.4) is 0 Å². The van der Waals surface area contributed by atoms with Crippen LogP contribution in [0.25, 0.3) is 0 Å². The number of likely N-dealkylation sites (tertiary alicyclic amines) is 1. The van der Waals surface area contributed by atoms with E-state index in [9.17, 15) is 9.59 Å². The highest BCUT2D eigenvalue weighted by atomic mass is 35.5. The van der Waals surface area contributed by atoms with E-state index in [-0.39, 0.29) is 17.7 Å². The van der Waals surface area contributed by atoms with E-state index in [0.29, 0.717) is 36.5 Å². The highest BCUT2D eigenvalue weighted by Crippen LogP contribution is 2.34. The van der Waals surface area contributed by atoms with E-state index in [1.165, 1.54) is 0 Å². The largest absolute Gasteiger partial charge is 0.362 e. The van der Waals surface area contributed by atoms with Crippen LogP contribution in [0.15, 0.2) is 78.9 Å². The summed E-state index contributed by atoms with van der Waals surface area (Å²) in [5.74, 6) is -0.371. The average molecular weight is 446 g/mol. The van der Waals surface area contributed by atoms with Gasteiger partial charge < -0.3 is 15.5 Å². The summed E-state index contributed by atoms with van der Waals surface area (Å²) in [4.78, 5) is 28.3. The van der Waals surface area contributed by atoms with E-state index in [1.807, 2.05) is 65.6 Å².